The molecule has 0 bridgehead atoms. The van der Waals surface area contributed by atoms with Gasteiger partial charge < -0.3 is 15.7 Å². The van der Waals surface area contributed by atoms with Crippen molar-refractivity contribution < 1.29 is 18.7 Å². The summed E-state index contributed by atoms with van der Waals surface area (Å²) < 4.78 is 28.1. The van der Waals surface area contributed by atoms with Gasteiger partial charge in [0, 0.05) is 37.4 Å². The molecule has 1 fully saturated rings. The van der Waals surface area contributed by atoms with Crippen molar-refractivity contribution in [2.24, 2.45) is 17.1 Å². The number of aryl methyl sites for hydroxylation is 1. The Morgan fingerprint density at radius 3 is 2.50 bits per heavy atom. The number of nitrogens with zero attached hydrogens (tertiary/aromatic N) is 1. The molecule has 7 heteroatoms. The summed E-state index contributed by atoms with van der Waals surface area (Å²) in [7, 11) is 1.50. The summed E-state index contributed by atoms with van der Waals surface area (Å²) in [6, 6.07) is 4.73. The second kappa shape index (κ2) is 8.15. The van der Waals surface area contributed by atoms with Crippen LogP contribution in [0.2, 0.25) is 5.02 Å². The van der Waals surface area contributed by atoms with Gasteiger partial charge in [-0.05, 0) is 41.9 Å². The van der Waals surface area contributed by atoms with Crippen LogP contribution in [0.1, 0.15) is 57.6 Å². The minimum atomic E-state index is -2.88. The molecule has 2 rings (SSSR count). The van der Waals surface area contributed by atoms with E-state index in [-0.39, 0.29) is 18.3 Å². The molecule has 1 aliphatic carbocycles. The van der Waals surface area contributed by atoms with Gasteiger partial charge in [0.15, 0.2) is 0 Å². The van der Waals surface area contributed by atoms with Crippen LogP contribution in [0, 0.1) is 11.3 Å². The Bertz CT molecular complexity index is 721. The van der Waals surface area contributed by atoms with Gasteiger partial charge in [-0.1, -0.05) is 44.5 Å². The van der Waals surface area contributed by atoms with E-state index in [9.17, 15) is 18.7 Å². The maximum absolute atomic E-state index is 14.0. The Kier molecular flexibility index (Phi) is 6.66. The Balaban J connectivity index is 2.48. The quantitative estimate of drug-likeness (QED) is 0.712. The first kappa shape index (κ1) is 22.9. The number of hydrogen-bond donors (Lipinski definition) is 2. The molecule has 0 aromatic heterocycles. The average molecular weight is 417 g/mol. The molecule has 4 nitrogen and oxygen atoms in total. The van der Waals surface area contributed by atoms with Crippen molar-refractivity contribution in [3.05, 3.63) is 34.3 Å². The van der Waals surface area contributed by atoms with Crippen molar-refractivity contribution in [3.8, 4) is 0 Å². The number of carbonyl (C=O) groups excluding carboxylic acids is 1. The zero-order chi connectivity index (χ0) is 21.3. The van der Waals surface area contributed by atoms with E-state index in [1.165, 1.54) is 11.9 Å². The molecule has 1 aromatic carbocycles. The van der Waals surface area contributed by atoms with Gasteiger partial charge in [0.1, 0.15) is 0 Å². The van der Waals surface area contributed by atoms with Crippen molar-refractivity contribution in [3.63, 3.8) is 0 Å². The maximum Gasteiger partial charge on any atom is 0.315 e. The van der Waals surface area contributed by atoms with E-state index in [1.807, 2.05) is 12.1 Å². The van der Waals surface area contributed by atoms with Gasteiger partial charge in [-0.3, -0.25) is 0 Å². The number of nitrogens with two attached hydrogens (primary N) is 1. The zero-order valence-corrected chi connectivity index (χ0v) is 17.8. The summed E-state index contributed by atoms with van der Waals surface area (Å²) in [4.78, 5) is 13.3. The lowest BCUT2D eigenvalue weighted by Gasteiger charge is -2.51. The highest BCUT2D eigenvalue weighted by Crippen LogP contribution is 2.51. The fraction of sp³-hybridized carbons (Fsp3) is 0.667. The summed E-state index contributed by atoms with van der Waals surface area (Å²) in [5.41, 5.74) is 6.17. The summed E-state index contributed by atoms with van der Waals surface area (Å²) in [5.74, 6) is -3.73. The molecular weight excluding hydrogens is 386 g/mol. The number of benzene rings is 1. The Morgan fingerprint density at radius 1 is 1.36 bits per heavy atom. The van der Waals surface area contributed by atoms with Crippen molar-refractivity contribution >= 4 is 17.6 Å². The minimum Gasteiger partial charge on any atom is -0.396 e. The number of aliphatic hydroxyl groups excluding tert-OH is 1. The molecule has 0 spiro atoms. The molecule has 1 saturated carbocycles. The molecule has 2 amide bonds. The van der Waals surface area contributed by atoms with Crippen LogP contribution in [0.3, 0.4) is 0 Å². The average Bonchev–Trinajstić information content (AvgIpc) is 2.58. The molecule has 158 valence electrons. The van der Waals surface area contributed by atoms with Crippen LogP contribution in [-0.2, 0) is 12.0 Å². The number of alkyl halides is 2. The summed E-state index contributed by atoms with van der Waals surface area (Å²) >= 11 is 6.53. The molecule has 1 aromatic rings. The number of primary amides is 1. The monoisotopic (exact) mass is 416 g/mol. The Morgan fingerprint density at radius 2 is 2.00 bits per heavy atom. The van der Waals surface area contributed by atoms with Crippen LogP contribution in [0.5, 0.6) is 0 Å². The standard InChI is InChI=1S/C21H31ClF2N2O2/c1-19(2,3)8-7-14-5-6-15(11-17(14)22)21(26(4)18(25)28)10-9-20(23,24)12-16(21)13-27/h5-6,11,16,27H,7-10,12-13H2,1-4H3,(H2,25,28). The van der Waals surface area contributed by atoms with E-state index in [2.05, 4.69) is 20.8 Å². The molecule has 0 saturated heterocycles. The number of urea groups is 1. The van der Waals surface area contributed by atoms with Crippen molar-refractivity contribution in [1.29, 1.82) is 0 Å². The number of hydrogen-bond acceptors (Lipinski definition) is 2. The normalized spacial score (nSPS) is 24.8. The SMILES string of the molecule is CN(C(N)=O)C1(c2ccc(CCC(C)(C)C)c(Cl)c2)CCC(F)(F)CC1CO. The summed E-state index contributed by atoms with van der Waals surface area (Å²) in [6.45, 7) is 5.98. The first-order valence-electron chi connectivity index (χ1n) is 9.63. The van der Waals surface area contributed by atoms with Gasteiger partial charge >= 0.3 is 6.03 Å². The van der Waals surface area contributed by atoms with Crippen LogP contribution in [0.4, 0.5) is 13.6 Å². The van der Waals surface area contributed by atoms with Gasteiger partial charge in [-0.2, -0.15) is 0 Å². The third-order valence-electron chi connectivity index (χ3n) is 5.94. The Hall–Kier alpha value is -1.40. The van der Waals surface area contributed by atoms with Crippen LogP contribution in [0.15, 0.2) is 18.2 Å². The topological polar surface area (TPSA) is 66.6 Å². The molecular formula is C21H31ClF2N2O2. The fourth-order valence-electron chi connectivity index (χ4n) is 4.17. The van der Waals surface area contributed by atoms with E-state index in [4.69, 9.17) is 17.3 Å². The van der Waals surface area contributed by atoms with Crippen molar-refractivity contribution in [1.82, 2.24) is 4.90 Å². The maximum atomic E-state index is 14.0. The van der Waals surface area contributed by atoms with E-state index in [0.717, 1.165) is 18.4 Å². The first-order chi connectivity index (χ1) is 12.8. The van der Waals surface area contributed by atoms with Gasteiger partial charge in [-0.15, -0.1) is 0 Å². The summed E-state index contributed by atoms with van der Waals surface area (Å²) in [5, 5.41) is 10.4. The highest BCUT2D eigenvalue weighted by atomic mass is 35.5. The fourth-order valence-corrected chi connectivity index (χ4v) is 4.44. The molecule has 3 N–H and O–H groups in total. The molecule has 2 unspecified atom stereocenters. The van der Waals surface area contributed by atoms with Crippen LogP contribution in [-0.4, -0.2) is 35.6 Å². The minimum absolute atomic E-state index is 0.00231. The number of amides is 2. The predicted octanol–water partition coefficient (Wildman–Crippen LogP) is 4.95. The highest BCUT2D eigenvalue weighted by molar-refractivity contribution is 6.31. The molecule has 1 aliphatic rings. The Labute approximate surface area is 171 Å². The van der Waals surface area contributed by atoms with Gasteiger partial charge in [0.25, 0.3) is 0 Å². The smallest absolute Gasteiger partial charge is 0.315 e. The van der Waals surface area contributed by atoms with Crippen molar-refractivity contribution in [2.45, 2.75) is 64.3 Å². The van der Waals surface area contributed by atoms with Gasteiger partial charge in [0.2, 0.25) is 5.92 Å². The van der Waals surface area contributed by atoms with Gasteiger partial charge in [-0.25, -0.2) is 13.6 Å². The third kappa shape index (κ3) is 4.77. The third-order valence-corrected chi connectivity index (χ3v) is 6.29. The largest absolute Gasteiger partial charge is 0.396 e. The van der Waals surface area contributed by atoms with Crippen LogP contribution >= 0.6 is 11.6 Å². The highest BCUT2D eigenvalue weighted by Gasteiger charge is 2.54. The molecule has 0 heterocycles. The molecule has 28 heavy (non-hydrogen) atoms. The number of rotatable bonds is 5. The molecule has 0 aliphatic heterocycles. The molecule has 0 radical (unpaired) electrons. The first-order valence-corrected chi connectivity index (χ1v) is 10.0. The lowest BCUT2D eigenvalue weighted by molar-refractivity contribution is -0.115. The lowest BCUT2D eigenvalue weighted by Crippen LogP contribution is -2.58. The van der Waals surface area contributed by atoms with Crippen LogP contribution < -0.4 is 5.73 Å². The van der Waals surface area contributed by atoms with E-state index < -0.39 is 36.4 Å². The lowest BCUT2D eigenvalue weighted by atomic mass is 9.67. The van der Waals surface area contributed by atoms with Crippen molar-refractivity contribution in [2.75, 3.05) is 13.7 Å². The second-order valence-corrected chi connectivity index (χ2v) is 9.54. The predicted molar refractivity (Wildman–Crippen MR) is 108 cm³/mol. The second-order valence-electron chi connectivity index (χ2n) is 9.13. The number of halogens is 3. The summed E-state index contributed by atoms with van der Waals surface area (Å²) in [6.07, 6.45) is 0.851. The molecule has 2 atom stereocenters. The number of carbonyl (C=O) groups is 1. The van der Waals surface area contributed by atoms with E-state index in [0.29, 0.717) is 10.6 Å². The van der Waals surface area contributed by atoms with E-state index >= 15 is 0 Å². The van der Waals surface area contributed by atoms with Gasteiger partial charge in [0.05, 0.1) is 5.54 Å². The zero-order valence-electron chi connectivity index (χ0n) is 17.1. The van der Waals surface area contributed by atoms with Crippen LogP contribution in [0.25, 0.3) is 0 Å². The number of aliphatic hydroxyl groups is 1. The van der Waals surface area contributed by atoms with E-state index in [1.54, 1.807) is 6.07 Å².